The van der Waals surface area contributed by atoms with Crippen LogP contribution in [0.1, 0.15) is 51.7 Å². The third-order valence-corrected chi connectivity index (χ3v) is 3.08. The summed E-state index contributed by atoms with van der Waals surface area (Å²) >= 11 is 0. The van der Waals surface area contributed by atoms with Crippen molar-refractivity contribution in [2.75, 3.05) is 13.2 Å². The maximum absolute atomic E-state index is 8.85. The monoisotopic (exact) mass is 250 g/mol. The summed E-state index contributed by atoms with van der Waals surface area (Å²) in [5, 5.41) is 8.85. The van der Waals surface area contributed by atoms with Crippen LogP contribution in [0, 0.1) is 0 Å². The van der Waals surface area contributed by atoms with Crippen LogP contribution < -0.4 is 4.74 Å². The number of hydrogen-bond donors (Lipinski definition) is 1. The van der Waals surface area contributed by atoms with E-state index in [1.807, 2.05) is 6.07 Å². The van der Waals surface area contributed by atoms with Gasteiger partial charge in [0.15, 0.2) is 0 Å². The highest BCUT2D eigenvalue weighted by molar-refractivity contribution is 5.39. The number of benzene rings is 1. The van der Waals surface area contributed by atoms with Crippen LogP contribution in [-0.2, 0) is 11.8 Å². The molecule has 0 unspecified atom stereocenters. The fraction of sp³-hybridized carbons (Fsp3) is 0.625. The predicted octanol–water partition coefficient (Wildman–Crippen LogP) is 3.70. The fourth-order valence-corrected chi connectivity index (χ4v) is 1.90. The van der Waals surface area contributed by atoms with Crippen LogP contribution in [0.3, 0.4) is 0 Å². The molecule has 0 aliphatic rings. The molecule has 102 valence electrons. The third kappa shape index (κ3) is 4.34. The van der Waals surface area contributed by atoms with Gasteiger partial charge in [0.05, 0.1) is 6.61 Å². The van der Waals surface area contributed by atoms with Crippen molar-refractivity contribution in [1.82, 2.24) is 0 Å². The first-order valence-corrected chi connectivity index (χ1v) is 6.86. The van der Waals surface area contributed by atoms with Gasteiger partial charge < -0.3 is 9.84 Å². The Balaban J connectivity index is 2.96. The first kappa shape index (κ1) is 15.0. The highest BCUT2D eigenvalue weighted by Gasteiger charge is 2.15. The Hall–Kier alpha value is -1.02. The summed E-state index contributed by atoms with van der Waals surface area (Å²) in [6, 6.07) is 6.42. The molecule has 1 aromatic carbocycles. The molecule has 0 aliphatic carbocycles. The largest absolute Gasteiger partial charge is 0.491 e. The van der Waals surface area contributed by atoms with Crippen LogP contribution in [0.5, 0.6) is 5.75 Å². The molecule has 2 nitrogen and oxygen atoms in total. The molecule has 0 aromatic heterocycles. The van der Waals surface area contributed by atoms with E-state index in [2.05, 4.69) is 39.8 Å². The zero-order valence-corrected chi connectivity index (χ0v) is 12.1. The van der Waals surface area contributed by atoms with Crippen molar-refractivity contribution in [3.05, 3.63) is 29.3 Å². The van der Waals surface area contributed by atoms with Gasteiger partial charge in [0.25, 0.3) is 0 Å². The lowest BCUT2D eigenvalue weighted by Gasteiger charge is -2.21. The summed E-state index contributed by atoms with van der Waals surface area (Å²) in [6.07, 6.45) is 3.39. The van der Waals surface area contributed by atoms with Gasteiger partial charge in [-0.15, -0.1) is 0 Å². The second kappa shape index (κ2) is 6.79. The molecule has 0 aliphatic heterocycles. The number of ether oxygens (including phenoxy) is 1. The van der Waals surface area contributed by atoms with E-state index in [0.29, 0.717) is 6.61 Å². The van der Waals surface area contributed by atoms with E-state index in [-0.39, 0.29) is 12.0 Å². The number of aliphatic hydroxyl groups is 1. The second-order valence-corrected chi connectivity index (χ2v) is 5.75. The lowest BCUT2D eigenvalue weighted by Crippen LogP contribution is -2.12. The average Bonchev–Trinajstić information content (AvgIpc) is 2.33. The Morgan fingerprint density at radius 3 is 2.50 bits per heavy atom. The summed E-state index contributed by atoms with van der Waals surface area (Å²) < 4.78 is 5.60. The molecular formula is C16H26O2. The number of rotatable bonds is 6. The minimum Gasteiger partial charge on any atom is -0.491 e. The zero-order valence-electron chi connectivity index (χ0n) is 12.1. The summed E-state index contributed by atoms with van der Waals surface area (Å²) in [5.74, 6) is 0.922. The van der Waals surface area contributed by atoms with Gasteiger partial charge in [0.2, 0.25) is 0 Å². The number of unbranched alkanes of at least 4 members (excludes halogenated alkanes) is 1. The molecule has 1 rings (SSSR count). The molecule has 1 aromatic rings. The van der Waals surface area contributed by atoms with Gasteiger partial charge in [0.1, 0.15) is 12.4 Å². The topological polar surface area (TPSA) is 29.5 Å². The van der Waals surface area contributed by atoms with Crippen molar-refractivity contribution >= 4 is 0 Å². The van der Waals surface area contributed by atoms with Crippen molar-refractivity contribution < 1.29 is 9.84 Å². The number of aliphatic hydroxyl groups excluding tert-OH is 1. The highest BCUT2D eigenvalue weighted by Crippen LogP contribution is 2.29. The smallest absolute Gasteiger partial charge is 0.122 e. The lowest BCUT2D eigenvalue weighted by molar-refractivity contribution is 0.200. The van der Waals surface area contributed by atoms with E-state index in [0.717, 1.165) is 12.2 Å². The quantitative estimate of drug-likeness (QED) is 0.834. The first-order chi connectivity index (χ1) is 8.49. The standard InChI is InChI=1S/C16H26O2/c1-5-6-7-13-12-14(16(2,3)4)8-9-15(13)18-11-10-17/h8-9,12,17H,5-7,10-11H2,1-4H3. The summed E-state index contributed by atoms with van der Waals surface area (Å²) in [6.45, 7) is 9.30. The molecule has 0 saturated carbocycles. The van der Waals surface area contributed by atoms with E-state index in [4.69, 9.17) is 9.84 Å². The van der Waals surface area contributed by atoms with Gasteiger partial charge >= 0.3 is 0 Å². The minimum absolute atomic E-state index is 0.0637. The van der Waals surface area contributed by atoms with Gasteiger partial charge in [-0.05, 0) is 35.4 Å². The van der Waals surface area contributed by atoms with Crippen molar-refractivity contribution in [1.29, 1.82) is 0 Å². The fourth-order valence-electron chi connectivity index (χ4n) is 1.90. The van der Waals surface area contributed by atoms with E-state index in [1.165, 1.54) is 24.0 Å². The van der Waals surface area contributed by atoms with E-state index in [1.54, 1.807) is 0 Å². The molecular weight excluding hydrogens is 224 g/mol. The Bertz CT molecular complexity index is 364. The summed E-state index contributed by atoms with van der Waals surface area (Å²) in [7, 11) is 0. The van der Waals surface area contributed by atoms with Gasteiger partial charge in [-0.25, -0.2) is 0 Å². The van der Waals surface area contributed by atoms with Gasteiger partial charge in [-0.3, -0.25) is 0 Å². The van der Waals surface area contributed by atoms with Crippen LogP contribution in [0.2, 0.25) is 0 Å². The van der Waals surface area contributed by atoms with E-state index in [9.17, 15) is 0 Å². The first-order valence-electron chi connectivity index (χ1n) is 6.86. The van der Waals surface area contributed by atoms with Crippen LogP contribution in [0.15, 0.2) is 18.2 Å². The molecule has 0 bridgehead atoms. The predicted molar refractivity (Wildman–Crippen MR) is 76.3 cm³/mol. The highest BCUT2D eigenvalue weighted by atomic mass is 16.5. The molecule has 0 heterocycles. The Morgan fingerprint density at radius 1 is 1.22 bits per heavy atom. The molecule has 0 spiro atoms. The second-order valence-electron chi connectivity index (χ2n) is 5.75. The Kier molecular flexibility index (Phi) is 5.67. The molecule has 0 amide bonds. The maximum atomic E-state index is 8.85. The summed E-state index contributed by atoms with van der Waals surface area (Å²) in [4.78, 5) is 0. The SMILES string of the molecule is CCCCc1cc(C(C)(C)C)ccc1OCCO. The normalized spacial score (nSPS) is 11.6. The van der Waals surface area contributed by atoms with Crippen LogP contribution in [-0.4, -0.2) is 18.3 Å². The van der Waals surface area contributed by atoms with E-state index < -0.39 is 0 Å². The molecule has 1 N–H and O–H groups in total. The molecule has 18 heavy (non-hydrogen) atoms. The van der Waals surface area contributed by atoms with Crippen LogP contribution in [0.25, 0.3) is 0 Å². The molecule has 0 radical (unpaired) electrons. The summed E-state index contributed by atoms with van der Waals surface area (Å²) in [5.41, 5.74) is 2.76. The van der Waals surface area contributed by atoms with Crippen LogP contribution >= 0.6 is 0 Å². The number of hydrogen-bond acceptors (Lipinski definition) is 2. The van der Waals surface area contributed by atoms with E-state index >= 15 is 0 Å². The maximum Gasteiger partial charge on any atom is 0.122 e. The van der Waals surface area contributed by atoms with Crippen molar-refractivity contribution in [3.8, 4) is 5.75 Å². The molecule has 0 saturated heterocycles. The number of aryl methyl sites for hydroxylation is 1. The van der Waals surface area contributed by atoms with Gasteiger partial charge in [-0.2, -0.15) is 0 Å². The Morgan fingerprint density at radius 2 is 1.94 bits per heavy atom. The molecule has 0 atom stereocenters. The third-order valence-electron chi connectivity index (χ3n) is 3.08. The average molecular weight is 250 g/mol. The zero-order chi connectivity index (χ0) is 13.6. The van der Waals surface area contributed by atoms with Gasteiger partial charge in [0, 0.05) is 0 Å². The van der Waals surface area contributed by atoms with Crippen LogP contribution in [0.4, 0.5) is 0 Å². The molecule has 2 heteroatoms. The van der Waals surface area contributed by atoms with Crippen molar-refractivity contribution in [3.63, 3.8) is 0 Å². The Labute approximate surface area is 111 Å². The lowest BCUT2D eigenvalue weighted by atomic mass is 9.85. The molecule has 0 fully saturated rings. The van der Waals surface area contributed by atoms with Crippen molar-refractivity contribution in [2.24, 2.45) is 0 Å². The van der Waals surface area contributed by atoms with Crippen molar-refractivity contribution in [2.45, 2.75) is 52.4 Å². The minimum atomic E-state index is 0.0637. The van der Waals surface area contributed by atoms with Gasteiger partial charge in [-0.1, -0.05) is 46.2 Å².